The highest BCUT2D eigenvalue weighted by molar-refractivity contribution is 9.10. The Morgan fingerprint density at radius 1 is 1.12 bits per heavy atom. The molecular formula is C18H19BrN2O3. The van der Waals surface area contributed by atoms with Gasteiger partial charge in [0.25, 0.3) is 11.8 Å². The van der Waals surface area contributed by atoms with Crippen LogP contribution in [0.25, 0.3) is 0 Å². The Morgan fingerprint density at radius 3 is 2.62 bits per heavy atom. The third kappa shape index (κ3) is 4.06. The zero-order valence-electron chi connectivity index (χ0n) is 13.3. The average molecular weight is 391 g/mol. The van der Waals surface area contributed by atoms with Crippen LogP contribution in [0.4, 0.5) is 0 Å². The first-order chi connectivity index (χ1) is 11.6. The van der Waals surface area contributed by atoms with Gasteiger partial charge in [0.2, 0.25) is 0 Å². The average Bonchev–Trinajstić information content (AvgIpc) is 3.06. The summed E-state index contributed by atoms with van der Waals surface area (Å²) in [6, 6.07) is 9.05. The maximum Gasteiger partial charge on any atom is 0.254 e. The Balaban J connectivity index is 1.62. The summed E-state index contributed by atoms with van der Waals surface area (Å²) in [4.78, 5) is 26.5. The smallest absolute Gasteiger partial charge is 0.254 e. The minimum Gasteiger partial charge on any atom is -0.457 e. The van der Waals surface area contributed by atoms with E-state index in [9.17, 15) is 9.59 Å². The number of benzene rings is 1. The third-order valence-corrected chi connectivity index (χ3v) is 4.52. The van der Waals surface area contributed by atoms with Crippen LogP contribution in [0, 0.1) is 0 Å². The van der Waals surface area contributed by atoms with E-state index in [1.807, 2.05) is 29.2 Å². The van der Waals surface area contributed by atoms with E-state index in [2.05, 4.69) is 21.2 Å². The number of carbonyl (C=O) groups is 2. The van der Waals surface area contributed by atoms with Crippen LogP contribution in [-0.2, 0) is 6.54 Å². The third-order valence-electron chi connectivity index (χ3n) is 4.10. The molecule has 1 aliphatic rings. The van der Waals surface area contributed by atoms with Gasteiger partial charge in [-0.1, -0.05) is 12.1 Å². The molecule has 0 spiro atoms. The van der Waals surface area contributed by atoms with Crippen LogP contribution in [0.5, 0.6) is 0 Å². The number of carbonyl (C=O) groups excluding carboxylic acids is 2. The van der Waals surface area contributed by atoms with Gasteiger partial charge in [0.15, 0.2) is 4.67 Å². The van der Waals surface area contributed by atoms with Crippen LogP contribution in [0.1, 0.15) is 45.5 Å². The van der Waals surface area contributed by atoms with Crippen molar-refractivity contribution in [1.29, 1.82) is 0 Å². The van der Waals surface area contributed by atoms with Crippen molar-refractivity contribution in [3.05, 3.63) is 58.0 Å². The molecule has 0 radical (unpaired) electrons. The van der Waals surface area contributed by atoms with Gasteiger partial charge < -0.3 is 14.6 Å². The number of nitrogens with zero attached hydrogens (tertiary/aromatic N) is 1. The number of hydrogen-bond acceptors (Lipinski definition) is 3. The van der Waals surface area contributed by atoms with E-state index in [1.165, 1.54) is 12.7 Å². The van der Waals surface area contributed by atoms with Gasteiger partial charge >= 0.3 is 0 Å². The summed E-state index contributed by atoms with van der Waals surface area (Å²) in [5.74, 6) is -0.140. The van der Waals surface area contributed by atoms with Crippen molar-refractivity contribution in [1.82, 2.24) is 10.2 Å². The minimum atomic E-state index is -0.211. The van der Waals surface area contributed by atoms with E-state index >= 15 is 0 Å². The molecule has 2 heterocycles. The minimum absolute atomic E-state index is 0.0710. The lowest BCUT2D eigenvalue weighted by Gasteiger charge is -2.26. The summed E-state index contributed by atoms with van der Waals surface area (Å²) in [6.45, 7) is 2.02. The van der Waals surface area contributed by atoms with E-state index in [4.69, 9.17) is 4.42 Å². The molecule has 1 aliphatic heterocycles. The SMILES string of the molecule is O=C(NCc1cccc(C(=O)N2CCCCC2)c1)c1coc(Br)c1. The van der Waals surface area contributed by atoms with E-state index < -0.39 is 0 Å². The Hall–Kier alpha value is -2.08. The predicted molar refractivity (Wildman–Crippen MR) is 93.8 cm³/mol. The summed E-state index contributed by atoms with van der Waals surface area (Å²) < 4.78 is 5.58. The van der Waals surface area contributed by atoms with Crippen molar-refractivity contribution in [3.63, 3.8) is 0 Å². The summed E-state index contributed by atoms with van der Waals surface area (Å²) in [7, 11) is 0. The number of nitrogens with one attached hydrogen (secondary N) is 1. The van der Waals surface area contributed by atoms with Gasteiger partial charge in [0.1, 0.15) is 6.26 Å². The fraction of sp³-hybridized carbons (Fsp3) is 0.333. The van der Waals surface area contributed by atoms with Crippen molar-refractivity contribution in [3.8, 4) is 0 Å². The molecule has 126 valence electrons. The maximum atomic E-state index is 12.5. The van der Waals surface area contributed by atoms with Crippen LogP contribution in [-0.4, -0.2) is 29.8 Å². The molecule has 0 atom stereocenters. The molecule has 2 amide bonds. The molecule has 5 nitrogen and oxygen atoms in total. The van der Waals surface area contributed by atoms with Crippen LogP contribution in [0.15, 0.2) is 45.7 Å². The Labute approximate surface area is 149 Å². The zero-order valence-corrected chi connectivity index (χ0v) is 14.8. The molecular weight excluding hydrogens is 372 g/mol. The van der Waals surface area contributed by atoms with E-state index in [0.29, 0.717) is 22.3 Å². The monoisotopic (exact) mass is 390 g/mol. The fourth-order valence-corrected chi connectivity index (χ4v) is 3.15. The van der Waals surface area contributed by atoms with Gasteiger partial charge in [-0.15, -0.1) is 0 Å². The Bertz CT molecular complexity index is 735. The van der Waals surface area contributed by atoms with Gasteiger partial charge in [-0.3, -0.25) is 9.59 Å². The first-order valence-electron chi connectivity index (χ1n) is 8.04. The fourth-order valence-electron chi connectivity index (χ4n) is 2.81. The van der Waals surface area contributed by atoms with Gasteiger partial charge in [0.05, 0.1) is 5.56 Å². The molecule has 0 unspecified atom stereocenters. The molecule has 1 aromatic carbocycles. The summed E-state index contributed by atoms with van der Waals surface area (Å²) in [5.41, 5.74) is 2.03. The van der Waals surface area contributed by atoms with Crippen molar-refractivity contribution in [2.45, 2.75) is 25.8 Å². The second kappa shape index (κ2) is 7.66. The number of furan rings is 1. The number of rotatable bonds is 4. The molecule has 0 aliphatic carbocycles. The molecule has 1 N–H and O–H groups in total. The molecule has 6 heteroatoms. The molecule has 1 fully saturated rings. The number of amides is 2. The highest BCUT2D eigenvalue weighted by Gasteiger charge is 2.18. The zero-order chi connectivity index (χ0) is 16.9. The van der Waals surface area contributed by atoms with E-state index in [0.717, 1.165) is 31.5 Å². The predicted octanol–water partition coefficient (Wildman–Crippen LogP) is 3.60. The highest BCUT2D eigenvalue weighted by atomic mass is 79.9. The van der Waals surface area contributed by atoms with Gasteiger partial charge in [-0.2, -0.15) is 0 Å². The van der Waals surface area contributed by atoms with Crippen molar-refractivity contribution >= 4 is 27.7 Å². The lowest BCUT2D eigenvalue weighted by molar-refractivity contribution is 0.0724. The molecule has 3 rings (SSSR count). The molecule has 1 aromatic heterocycles. The number of piperidine rings is 1. The molecule has 1 saturated heterocycles. The van der Waals surface area contributed by atoms with Crippen molar-refractivity contribution in [2.24, 2.45) is 0 Å². The first-order valence-corrected chi connectivity index (χ1v) is 8.83. The lowest BCUT2D eigenvalue weighted by atomic mass is 10.1. The maximum absolute atomic E-state index is 12.5. The number of halogens is 1. The van der Waals surface area contributed by atoms with Crippen LogP contribution >= 0.6 is 15.9 Å². The van der Waals surface area contributed by atoms with Crippen LogP contribution < -0.4 is 5.32 Å². The first kappa shape index (κ1) is 16.8. The quantitative estimate of drug-likeness (QED) is 0.867. The van der Waals surface area contributed by atoms with Gasteiger partial charge in [-0.05, 0) is 52.9 Å². The second-order valence-corrected chi connectivity index (χ2v) is 6.66. The summed E-state index contributed by atoms with van der Waals surface area (Å²) >= 11 is 3.17. The lowest BCUT2D eigenvalue weighted by Crippen LogP contribution is -2.35. The standard InChI is InChI=1S/C18H19BrN2O3/c19-16-10-15(12-24-16)17(22)20-11-13-5-4-6-14(9-13)18(23)21-7-2-1-3-8-21/h4-6,9-10,12H,1-3,7-8,11H2,(H,20,22). The second-order valence-electron chi connectivity index (χ2n) is 5.88. The topological polar surface area (TPSA) is 62.6 Å². The molecule has 2 aromatic rings. The molecule has 0 saturated carbocycles. The Kier molecular flexibility index (Phi) is 5.35. The molecule has 0 bridgehead atoms. The number of likely N-dealkylation sites (tertiary alicyclic amines) is 1. The van der Waals surface area contributed by atoms with Gasteiger partial charge in [0, 0.05) is 31.3 Å². The van der Waals surface area contributed by atoms with Crippen LogP contribution in [0.2, 0.25) is 0 Å². The van der Waals surface area contributed by atoms with Crippen LogP contribution in [0.3, 0.4) is 0 Å². The van der Waals surface area contributed by atoms with Crippen molar-refractivity contribution < 1.29 is 14.0 Å². The molecule has 24 heavy (non-hydrogen) atoms. The van der Waals surface area contributed by atoms with Gasteiger partial charge in [-0.25, -0.2) is 0 Å². The normalized spacial score (nSPS) is 14.5. The highest BCUT2D eigenvalue weighted by Crippen LogP contribution is 2.16. The van der Waals surface area contributed by atoms with E-state index in [1.54, 1.807) is 6.07 Å². The largest absolute Gasteiger partial charge is 0.457 e. The summed E-state index contributed by atoms with van der Waals surface area (Å²) in [6.07, 6.45) is 4.74. The van der Waals surface area contributed by atoms with Crippen molar-refractivity contribution in [2.75, 3.05) is 13.1 Å². The number of hydrogen-bond donors (Lipinski definition) is 1. The summed E-state index contributed by atoms with van der Waals surface area (Å²) in [5, 5.41) is 2.83. The Morgan fingerprint density at radius 2 is 1.92 bits per heavy atom. The van der Waals surface area contributed by atoms with E-state index in [-0.39, 0.29) is 11.8 Å².